The second kappa shape index (κ2) is 9.10. The number of halogens is 1. The van der Waals surface area contributed by atoms with E-state index in [-0.39, 0.29) is 12.2 Å². The van der Waals surface area contributed by atoms with Crippen molar-refractivity contribution in [2.24, 2.45) is 0 Å². The zero-order valence-corrected chi connectivity index (χ0v) is 18.6. The summed E-state index contributed by atoms with van der Waals surface area (Å²) >= 11 is 6.26. The van der Waals surface area contributed by atoms with Crippen LogP contribution in [-0.4, -0.2) is 51.5 Å². The maximum absolute atomic E-state index is 13.3. The highest BCUT2D eigenvalue weighted by molar-refractivity contribution is 6.31. The molecular formula is C23H23ClN4O4. The van der Waals surface area contributed by atoms with E-state index in [9.17, 15) is 14.4 Å². The van der Waals surface area contributed by atoms with Crippen molar-refractivity contribution in [1.82, 2.24) is 19.2 Å². The molecule has 0 aliphatic carbocycles. The zero-order chi connectivity index (χ0) is 22.8. The molecule has 2 aromatic carbocycles. The summed E-state index contributed by atoms with van der Waals surface area (Å²) in [5.74, 6) is -0.525. The molecule has 4 rings (SSSR count). The van der Waals surface area contributed by atoms with E-state index in [2.05, 4.69) is 5.10 Å². The van der Waals surface area contributed by atoms with E-state index in [1.54, 1.807) is 18.2 Å². The molecule has 0 atom stereocenters. The molecule has 1 aromatic heterocycles. The first kappa shape index (κ1) is 22.0. The normalized spacial score (nSPS) is 13.9. The second-order valence-corrected chi connectivity index (χ2v) is 8.17. The fourth-order valence-corrected chi connectivity index (χ4v) is 3.64. The number of amides is 1. The second-order valence-electron chi connectivity index (χ2n) is 7.76. The van der Waals surface area contributed by atoms with Gasteiger partial charge in [0, 0.05) is 18.1 Å². The van der Waals surface area contributed by atoms with Gasteiger partial charge in [-0.05, 0) is 37.1 Å². The molecule has 1 aliphatic rings. The number of hydrogen-bond donors (Lipinski definition) is 0. The lowest BCUT2D eigenvalue weighted by atomic mass is 10.1. The van der Waals surface area contributed by atoms with Crippen LogP contribution in [0, 0.1) is 13.8 Å². The molecule has 1 amide bonds. The van der Waals surface area contributed by atoms with Crippen molar-refractivity contribution >= 4 is 17.5 Å². The summed E-state index contributed by atoms with van der Waals surface area (Å²) < 4.78 is 7.40. The van der Waals surface area contributed by atoms with Crippen LogP contribution in [0.2, 0.25) is 5.02 Å². The first-order valence-electron chi connectivity index (χ1n) is 10.3. The number of benzene rings is 2. The van der Waals surface area contributed by atoms with Crippen molar-refractivity contribution in [3.63, 3.8) is 0 Å². The Labute approximate surface area is 189 Å². The summed E-state index contributed by atoms with van der Waals surface area (Å²) in [6, 6.07) is 12.5. The minimum Gasteiger partial charge on any atom is -0.378 e. The molecule has 8 nitrogen and oxygen atoms in total. The van der Waals surface area contributed by atoms with E-state index < -0.39 is 17.2 Å². The van der Waals surface area contributed by atoms with E-state index in [0.29, 0.717) is 37.0 Å². The molecule has 2 heterocycles. The van der Waals surface area contributed by atoms with Crippen LogP contribution in [0.1, 0.15) is 27.2 Å². The number of aryl methyl sites for hydroxylation is 2. The number of carbonyl (C=O) groups excluding carboxylic acids is 1. The maximum Gasteiger partial charge on any atom is 0.352 e. The Kier molecular flexibility index (Phi) is 6.25. The minimum absolute atomic E-state index is 0.0173. The van der Waals surface area contributed by atoms with Gasteiger partial charge in [0.05, 0.1) is 25.4 Å². The standard InChI is InChI=1S/C23H23ClN4O4/c1-15-3-6-17(7-4-15)14-27-22(30)20(21(29)26-9-11-32-12-10-26)25-28(23(27)31)18-8-5-16(2)19(24)13-18/h3-8,13H,9-12,14H2,1-2H3. The van der Waals surface area contributed by atoms with Gasteiger partial charge in [0.15, 0.2) is 0 Å². The third kappa shape index (κ3) is 4.37. The highest BCUT2D eigenvalue weighted by Gasteiger charge is 2.26. The van der Waals surface area contributed by atoms with Gasteiger partial charge in [0.1, 0.15) is 0 Å². The number of morpholine rings is 1. The van der Waals surface area contributed by atoms with Gasteiger partial charge < -0.3 is 9.64 Å². The van der Waals surface area contributed by atoms with Gasteiger partial charge in [-0.1, -0.05) is 47.5 Å². The Bertz CT molecular complexity index is 1270. The first-order chi connectivity index (χ1) is 15.3. The van der Waals surface area contributed by atoms with Crippen LogP contribution in [0.5, 0.6) is 0 Å². The molecule has 9 heteroatoms. The summed E-state index contributed by atoms with van der Waals surface area (Å²) in [7, 11) is 0. The third-order valence-corrected chi connectivity index (χ3v) is 5.83. The fourth-order valence-electron chi connectivity index (χ4n) is 3.46. The molecule has 1 saturated heterocycles. The lowest BCUT2D eigenvalue weighted by molar-refractivity contribution is 0.0295. The Morgan fingerprint density at radius 2 is 1.75 bits per heavy atom. The van der Waals surface area contributed by atoms with Crippen molar-refractivity contribution in [2.75, 3.05) is 26.3 Å². The smallest absolute Gasteiger partial charge is 0.352 e. The number of carbonyl (C=O) groups is 1. The number of rotatable bonds is 4. The summed E-state index contributed by atoms with van der Waals surface area (Å²) in [6.07, 6.45) is 0. The molecule has 0 saturated carbocycles. The van der Waals surface area contributed by atoms with Gasteiger partial charge in [0.2, 0.25) is 5.69 Å². The number of ether oxygens (including phenoxy) is 1. The van der Waals surface area contributed by atoms with Crippen molar-refractivity contribution in [3.8, 4) is 5.69 Å². The lowest BCUT2D eigenvalue weighted by Crippen LogP contribution is -2.48. The maximum atomic E-state index is 13.3. The van der Waals surface area contributed by atoms with Gasteiger partial charge in [0.25, 0.3) is 11.5 Å². The van der Waals surface area contributed by atoms with Crippen LogP contribution in [0.4, 0.5) is 0 Å². The molecule has 0 N–H and O–H groups in total. The minimum atomic E-state index is -0.721. The molecule has 1 fully saturated rings. The number of nitrogens with zero attached hydrogens (tertiary/aromatic N) is 4. The van der Waals surface area contributed by atoms with Gasteiger partial charge in [-0.15, -0.1) is 0 Å². The Hall–Kier alpha value is -3.23. The predicted octanol–water partition coefficient (Wildman–Crippen LogP) is 2.19. The van der Waals surface area contributed by atoms with Crippen LogP contribution in [0.15, 0.2) is 52.1 Å². The Morgan fingerprint density at radius 1 is 1.06 bits per heavy atom. The summed E-state index contributed by atoms with van der Waals surface area (Å²) in [6.45, 7) is 5.29. The molecule has 166 valence electrons. The largest absolute Gasteiger partial charge is 0.378 e. The topological polar surface area (TPSA) is 86.4 Å². The lowest BCUT2D eigenvalue weighted by Gasteiger charge is -2.26. The summed E-state index contributed by atoms with van der Waals surface area (Å²) in [5.41, 5.74) is 1.36. The molecule has 32 heavy (non-hydrogen) atoms. The molecule has 0 unspecified atom stereocenters. The van der Waals surface area contributed by atoms with E-state index in [0.717, 1.165) is 25.9 Å². The van der Waals surface area contributed by atoms with Crippen molar-refractivity contribution in [3.05, 3.63) is 90.7 Å². The van der Waals surface area contributed by atoms with Crippen molar-refractivity contribution in [2.45, 2.75) is 20.4 Å². The zero-order valence-electron chi connectivity index (χ0n) is 17.9. The highest BCUT2D eigenvalue weighted by atomic mass is 35.5. The molecule has 3 aromatic rings. The fraction of sp³-hybridized carbons (Fsp3) is 0.304. The molecule has 0 radical (unpaired) electrons. The van der Waals surface area contributed by atoms with Gasteiger partial charge >= 0.3 is 5.69 Å². The van der Waals surface area contributed by atoms with Crippen LogP contribution in [-0.2, 0) is 11.3 Å². The van der Waals surface area contributed by atoms with Gasteiger partial charge in [-0.2, -0.15) is 9.78 Å². The van der Waals surface area contributed by atoms with E-state index in [1.165, 1.54) is 4.90 Å². The summed E-state index contributed by atoms with van der Waals surface area (Å²) in [5, 5.41) is 4.64. The number of aromatic nitrogens is 3. The van der Waals surface area contributed by atoms with Crippen LogP contribution in [0.25, 0.3) is 5.69 Å². The van der Waals surface area contributed by atoms with Gasteiger partial charge in [-0.25, -0.2) is 4.79 Å². The molecule has 1 aliphatic heterocycles. The highest BCUT2D eigenvalue weighted by Crippen LogP contribution is 2.18. The predicted molar refractivity (Wildman–Crippen MR) is 121 cm³/mol. The summed E-state index contributed by atoms with van der Waals surface area (Å²) in [4.78, 5) is 41.2. The molecule has 0 bridgehead atoms. The third-order valence-electron chi connectivity index (χ3n) is 5.42. The first-order valence-corrected chi connectivity index (χ1v) is 10.7. The van der Waals surface area contributed by atoms with Crippen LogP contribution < -0.4 is 11.2 Å². The SMILES string of the molecule is Cc1ccc(Cn2c(=O)c(C(=O)N3CCOCC3)nn(-c3ccc(C)c(Cl)c3)c2=O)cc1. The Morgan fingerprint density at radius 3 is 2.41 bits per heavy atom. The van der Waals surface area contributed by atoms with E-state index in [1.807, 2.05) is 38.1 Å². The average Bonchev–Trinajstić information content (AvgIpc) is 2.80. The average molecular weight is 455 g/mol. The molecular weight excluding hydrogens is 432 g/mol. The Balaban J connectivity index is 1.87. The van der Waals surface area contributed by atoms with Crippen LogP contribution in [0.3, 0.4) is 0 Å². The monoisotopic (exact) mass is 454 g/mol. The molecule has 0 spiro atoms. The van der Waals surface area contributed by atoms with Crippen molar-refractivity contribution in [1.29, 1.82) is 0 Å². The van der Waals surface area contributed by atoms with Crippen LogP contribution >= 0.6 is 11.6 Å². The van der Waals surface area contributed by atoms with E-state index in [4.69, 9.17) is 16.3 Å². The van der Waals surface area contributed by atoms with Gasteiger partial charge in [-0.3, -0.25) is 14.2 Å². The van der Waals surface area contributed by atoms with Crippen molar-refractivity contribution < 1.29 is 9.53 Å². The van der Waals surface area contributed by atoms with E-state index >= 15 is 0 Å². The number of hydrogen-bond acceptors (Lipinski definition) is 5. The quantitative estimate of drug-likeness (QED) is 0.603.